The van der Waals surface area contributed by atoms with Gasteiger partial charge < -0.3 is 4.74 Å². The molecule has 0 amide bonds. The number of esters is 1. The standard InChI is InChI=1S/C17H34O2/c1-7-10-11-15(8-2)13-19-16(18)17(6,9-3)12-14(4)5/h14-15H,7-13H2,1-6H3. The van der Waals surface area contributed by atoms with Gasteiger partial charge in [-0.05, 0) is 38.0 Å². The molecular formula is C17H34O2. The van der Waals surface area contributed by atoms with E-state index in [1.165, 1.54) is 19.3 Å². The number of carbonyl (C=O) groups excluding carboxylic acids is 1. The molecule has 0 aliphatic heterocycles. The van der Waals surface area contributed by atoms with Gasteiger partial charge in [0.25, 0.3) is 0 Å². The molecular weight excluding hydrogens is 236 g/mol. The lowest BCUT2D eigenvalue weighted by atomic mass is 9.80. The molecule has 0 aromatic heterocycles. The summed E-state index contributed by atoms with van der Waals surface area (Å²) in [6.07, 6.45) is 6.48. The number of rotatable bonds is 10. The highest BCUT2D eigenvalue weighted by Crippen LogP contribution is 2.31. The van der Waals surface area contributed by atoms with E-state index in [4.69, 9.17) is 4.74 Å². The Morgan fingerprint density at radius 3 is 2.26 bits per heavy atom. The fourth-order valence-electron chi connectivity index (χ4n) is 2.54. The number of unbranched alkanes of at least 4 members (excludes halogenated alkanes) is 1. The number of hydrogen-bond donors (Lipinski definition) is 0. The van der Waals surface area contributed by atoms with E-state index in [-0.39, 0.29) is 11.4 Å². The van der Waals surface area contributed by atoms with Gasteiger partial charge in [-0.3, -0.25) is 4.79 Å². The first-order valence-electron chi connectivity index (χ1n) is 8.06. The van der Waals surface area contributed by atoms with E-state index in [1.54, 1.807) is 0 Å². The van der Waals surface area contributed by atoms with Crippen LogP contribution in [0.4, 0.5) is 0 Å². The summed E-state index contributed by atoms with van der Waals surface area (Å²) >= 11 is 0. The van der Waals surface area contributed by atoms with Crippen molar-refractivity contribution in [3.63, 3.8) is 0 Å². The highest BCUT2D eigenvalue weighted by atomic mass is 16.5. The summed E-state index contributed by atoms with van der Waals surface area (Å²) in [5, 5.41) is 0. The van der Waals surface area contributed by atoms with Crippen molar-refractivity contribution in [2.24, 2.45) is 17.3 Å². The fraction of sp³-hybridized carbons (Fsp3) is 0.941. The molecule has 0 aromatic carbocycles. The van der Waals surface area contributed by atoms with Crippen LogP contribution in [0, 0.1) is 17.3 Å². The van der Waals surface area contributed by atoms with E-state index in [2.05, 4.69) is 34.6 Å². The Kier molecular flexibility index (Phi) is 9.12. The molecule has 0 saturated heterocycles. The van der Waals surface area contributed by atoms with Crippen molar-refractivity contribution in [1.29, 1.82) is 0 Å². The average molecular weight is 270 g/mol. The van der Waals surface area contributed by atoms with Crippen molar-refractivity contribution in [2.75, 3.05) is 6.61 Å². The van der Waals surface area contributed by atoms with Gasteiger partial charge in [0.2, 0.25) is 0 Å². The van der Waals surface area contributed by atoms with E-state index in [9.17, 15) is 4.79 Å². The Hall–Kier alpha value is -0.530. The zero-order valence-electron chi connectivity index (χ0n) is 13.9. The summed E-state index contributed by atoms with van der Waals surface area (Å²) in [7, 11) is 0. The van der Waals surface area contributed by atoms with Crippen molar-refractivity contribution in [2.45, 2.75) is 80.1 Å². The summed E-state index contributed by atoms with van der Waals surface area (Å²) < 4.78 is 5.61. The molecule has 0 aliphatic rings. The molecule has 0 aliphatic carbocycles. The van der Waals surface area contributed by atoms with Gasteiger partial charge in [-0.2, -0.15) is 0 Å². The lowest BCUT2D eigenvalue weighted by Crippen LogP contribution is -2.32. The molecule has 114 valence electrons. The fourth-order valence-corrected chi connectivity index (χ4v) is 2.54. The van der Waals surface area contributed by atoms with Crippen LogP contribution in [0.15, 0.2) is 0 Å². The third kappa shape index (κ3) is 6.98. The van der Waals surface area contributed by atoms with Crippen LogP contribution < -0.4 is 0 Å². The molecule has 19 heavy (non-hydrogen) atoms. The molecule has 2 atom stereocenters. The minimum atomic E-state index is -0.308. The third-order valence-electron chi connectivity index (χ3n) is 4.13. The topological polar surface area (TPSA) is 26.3 Å². The molecule has 0 radical (unpaired) electrons. The maximum atomic E-state index is 12.3. The third-order valence-corrected chi connectivity index (χ3v) is 4.13. The summed E-state index contributed by atoms with van der Waals surface area (Å²) in [5.74, 6) is 1.06. The average Bonchev–Trinajstić information content (AvgIpc) is 2.37. The number of ether oxygens (including phenoxy) is 1. The Balaban J connectivity index is 4.32. The first kappa shape index (κ1) is 18.5. The SMILES string of the molecule is CCCCC(CC)COC(=O)C(C)(CC)CC(C)C. The van der Waals surface area contributed by atoms with Crippen LogP contribution in [0.1, 0.15) is 80.1 Å². The Morgan fingerprint density at radius 1 is 1.21 bits per heavy atom. The predicted octanol–water partition coefficient (Wildman–Crippen LogP) is 5.21. The van der Waals surface area contributed by atoms with Crippen LogP contribution in [0.3, 0.4) is 0 Å². The van der Waals surface area contributed by atoms with E-state index in [0.717, 1.165) is 19.3 Å². The first-order valence-corrected chi connectivity index (χ1v) is 8.06. The predicted molar refractivity (Wildman–Crippen MR) is 82.1 cm³/mol. The second-order valence-electron chi connectivity index (χ2n) is 6.53. The quantitative estimate of drug-likeness (QED) is 0.509. The van der Waals surface area contributed by atoms with Crippen LogP contribution >= 0.6 is 0 Å². The largest absolute Gasteiger partial charge is 0.465 e. The van der Waals surface area contributed by atoms with E-state index in [0.29, 0.717) is 18.4 Å². The van der Waals surface area contributed by atoms with Crippen molar-refractivity contribution in [3.8, 4) is 0 Å². The second kappa shape index (κ2) is 9.39. The van der Waals surface area contributed by atoms with Gasteiger partial charge >= 0.3 is 5.97 Å². The zero-order chi connectivity index (χ0) is 14.9. The minimum Gasteiger partial charge on any atom is -0.465 e. The molecule has 0 rings (SSSR count). The lowest BCUT2D eigenvalue weighted by Gasteiger charge is -2.28. The molecule has 0 spiro atoms. The van der Waals surface area contributed by atoms with Crippen molar-refractivity contribution < 1.29 is 9.53 Å². The lowest BCUT2D eigenvalue weighted by molar-refractivity contribution is -0.157. The monoisotopic (exact) mass is 270 g/mol. The summed E-state index contributed by atoms with van der Waals surface area (Å²) in [4.78, 5) is 12.3. The minimum absolute atomic E-state index is 0.00125. The van der Waals surface area contributed by atoms with Gasteiger partial charge in [-0.15, -0.1) is 0 Å². The maximum absolute atomic E-state index is 12.3. The van der Waals surface area contributed by atoms with Crippen LogP contribution in [-0.4, -0.2) is 12.6 Å². The van der Waals surface area contributed by atoms with Crippen molar-refractivity contribution in [1.82, 2.24) is 0 Å². The van der Waals surface area contributed by atoms with Gasteiger partial charge in [0.1, 0.15) is 0 Å². The van der Waals surface area contributed by atoms with E-state index in [1.807, 2.05) is 6.92 Å². The normalized spacial score (nSPS) is 16.2. The van der Waals surface area contributed by atoms with Gasteiger partial charge in [0.15, 0.2) is 0 Å². The summed E-state index contributed by atoms with van der Waals surface area (Å²) in [6.45, 7) is 13.4. The molecule has 0 N–H and O–H groups in total. The maximum Gasteiger partial charge on any atom is 0.311 e. The molecule has 0 saturated carbocycles. The van der Waals surface area contributed by atoms with Crippen LogP contribution in [0.5, 0.6) is 0 Å². The highest BCUT2D eigenvalue weighted by Gasteiger charge is 2.33. The van der Waals surface area contributed by atoms with Gasteiger partial charge in [-0.1, -0.05) is 53.9 Å². The zero-order valence-corrected chi connectivity index (χ0v) is 13.9. The second-order valence-corrected chi connectivity index (χ2v) is 6.53. The van der Waals surface area contributed by atoms with Crippen LogP contribution in [-0.2, 0) is 9.53 Å². The van der Waals surface area contributed by atoms with Gasteiger partial charge in [-0.25, -0.2) is 0 Å². The molecule has 2 nitrogen and oxygen atoms in total. The van der Waals surface area contributed by atoms with Gasteiger partial charge in [0, 0.05) is 0 Å². The van der Waals surface area contributed by atoms with Crippen LogP contribution in [0.2, 0.25) is 0 Å². The van der Waals surface area contributed by atoms with E-state index < -0.39 is 0 Å². The summed E-state index contributed by atoms with van der Waals surface area (Å²) in [6, 6.07) is 0. The Morgan fingerprint density at radius 2 is 1.84 bits per heavy atom. The van der Waals surface area contributed by atoms with Crippen molar-refractivity contribution >= 4 is 5.97 Å². The smallest absolute Gasteiger partial charge is 0.311 e. The Labute approximate surface area is 120 Å². The van der Waals surface area contributed by atoms with Gasteiger partial charge in [0.05, 0.1) is 12.0 Å². The molecule has 2 heteroatoms. The first-order chi connectivity index (χ1) is 8.89. The van der Waals surface area contributed by atoms with E-state index >= 15 is 0 Å². The molecule has 2 unspecified atom stereocenters. The molecule has 0 aromatic rings. The molecule has 0 bridgehead atoms. The Bertz CT molecular complexity index is 248. The van der Waals surface area contributed by atoms with Crippen molar-refractivity contribution in [3.05, 3.63) is 0 Å². The molecule has 0 fully saturated rings. The number of carbonyl (C=O) groups is 1. The highest BCUT2D eigenvalue weighted by molar-refractivity contribution is 5.76. The number of hydrogen-bond acceptors (Lipinski definition) is 2. The molecule has 0 heterocycles. The van der Waals surface area contributed by atoms with Crippen LogP contribution in [0.25, 0.3) is 0 Å². The summed E-state index contributed by atoms with van der Waals surface area (Å²) in [5.41, 5.74) is -0.308.